The number of nitrogens with zero attached hydrogens (tertiary/aromatic N) is 4. The van der Waals surface area contributed by atoms with Crippen LogP contribution in [0.2, 0.25) is 0 Å². The highest BCUT2D eigenvalue weighted by atomic mass is 16.3. The number of hydrogen-bond acceptors (Lipinski definition) is 4. The number of carbonyl (C=O) groups is 1. The van der Waals surface area contributed by atoms with Crippen molar-refractivity contribution < 1.29 is 9.90 Å². The normalized spacial score (nSPS) is 11.5. The molecule has 1 aromatic rings. The molecule has 6 nitrogen and oxygen atoms in total. The Labute approximate surface area is 146 Å². The second kappa shape index (κ2) is 8.99. The first kappa shape index (κ1) is 20.4. The molecule has 0 aliphatic heterocycles. The number of urea groups is 1. The quantitative estimate of drug-likeness (QED) is 0.831. The lowest BCUT2D eigenvalue weighted by Gasteiger charge is -2.33. The number of pyridine rings is 1. The van der Waals surface area contributed by atoms with Crippen LogP contribution in [0.15, 0.2) is 12.1 Å². The largest absolute Gasteiger partial charge is 0.392 e. The number of aliphatic hydroxyl groups excluding tert-OH is 1. The molecule has 0 spiro atoms. The smallest absolute Gasteiger partial charge is 0.325 e. The first-order valence-electron chi connectivity index (χ1n) is 8.50. The molecule has 0 saturated heterocycles. The molecule has 6 heteroatoms. The molecule has 0 saturated carbocycles. The molecular formula is C18H32N4O2. The van der Waals surface area contributed by atoms with Gasteiger partial charge in [-0.1, -0.05) is 0 Å². The summed E-state index contributed by atoms with van der Waals surface area (Å²) in [5, 5.41) is 9.43. The topological polar surface area (TPSA) is 59.9 Å². The lowest BCUT2D eigenvalue weighted by molar-refractivity contribution is 0.177. The van der Waals surface area contributed by atoms with E-state index in [1.807, 2.05) is 13.0 Å². The van der Waals surface area contributed by atoms with Crippen LogP contribution < -0.4 is 4.90 Å². The summed E-state index contributed by atoms with van der Waals surface area (Å²) in [5.74, 6) is 0.588. The maximum Gasteiger partial charge on any atom is 0.325 e. The molecule has 0 aliphatic rings. The lowest BCUT2D eigenvalue weighted by Crippen LogP contribution is -2.47. The highest BCUT2D eigenvalue weighted by Gasteiger charge is 2.22. The Kier molecular flexibility index (Phi) is 7.63. The number of rotatable bonds is 7. The van der Waals surface area contributed by atoms with Crippen molar-refractivity contribution in [2.24, 2.45) is 0 Å². The van der Waals surface area contributed by atoms with Crippen LogP contribution in [0, 0.1) is 6.92 Å². The van der Waals surface area contributed by atoms with Gasteiger partial charge in [-0.05, 0) is 52.3 Å². The summed E-state index contributed by atoms with van der Waals surface area (Å²) < 4.78 is 0. The summed E-state index contributed by atoms with van der Waals surface area (Å²) in [6.45, 7) is 11.8. The molecule has 1 aromatic heterocycles. The van der Waals surface area contributed by atoms with Gasteiger partial charge in [0.2, 0.25) is 0 Å². The van der Waals surface area contributed by atoms with Gasteiger partial charge in [-0.25, -0.2) is 9.78 Å². The standard InChI is InChI=1S/C18H32N4O2/c1-13(2)21(14(3)4)8-9-22(18(24)20(6)7)17-11-16(12-23)10-15(5)19-17/h10-11,13-14,23H,8-9,12H2,1-7H3. The van der Waals surface area contributed by atoms with Crippen LogP contribution in [0.4, 0.5) is 10.6 Å². The fourth-order valence-electron chi connectivity index (χ4n) is 2.83. The van der Waals surface area contributed by atoms with Gasteiger partial charge in [0, 0.05) is 45.0 Å². The molecule has 0 bridgehead atoms. The van der Waals surface area contributed by atoms with Crippen LogP contribution in [0.25, 0.3) is 0 Å². The highest BCUT2D eigenvalue weighted by molar-refractivity contribution is 5.90. The van der Waals surface area contributed by atoms with Crippen molar-refractivity contribution >= 4 is 11.8 Å². The highest BCUT2D eigenvalue weighted by Crippen LogP contribution is 2.17. The summed E-state index contributed by atoms with van der Waals surface area (Å²) in [6.07, 6.45) is 0. The van der Waals surface area contributed by atoms with Gasteiger partial charge in [0.1, 0.15) is 5.82 Å². The lowest BCUT2D eigenvalue weighted by atomic mass is 10.2. The maximum absolute atomic E-state index is 12.6. The first-order valence-corrected chi connectivity index (χ1v) is 8.50. The molecule has 0 aliphatic carbocycles. The molecule has 24 heavy (non-hydrogen) atoms. The number of carbonyl (C=O) groups excluding carboxylic acids is 1. The Balaban J connectivity index is 3.09. The molecule has 0 fully saturated rings. The fourth-order valence-corrected chi connectivity index (χ4v) is 2.83. The minimum absolute atomic E-state index is 0.0650. The third-order valence-electron chi connectivity index (χ3n) is 3.98. The van der Waals surface area contributed by atoms with E-state index >= 15 is 0 Å². The van der Waals surface area contributed by atoms with Crippen molar-refractivity contribution in [2.75, 3.05) is 32.1 Å². The van der Waals surface area contributed by atoms with Gasteiger partial charge >= 0.3 is 6.03 Å². The van der Waals surface area contributed by atoms with E-state index in [1.165, 1.54) is 0 Å². The van der Waals surface area contributed by atoms with Gasteiger partial charge in [-0.3, -0.25) is 9.80 Å². The van der Waals surface area contributed by atoms with Crippen molar-refractivity contribution in [1.29, 1.82) is 0 Å². The third kappa shape index (κ3) is 5.46. The molecule has 1 rings (SSSR count). The molecule has 1 heterocycles. The third-order valence-corrected chi connectivity index (χ3v) is 3.98. The molecule has 0 radical (unpaired) electrons. The number of aliphatic hydroxyl groups is 1. The van der Waals surface area contributed by atoms with Gasteiger partial charge in [0.25, 0.3) is 0 Å². The van der Waals surface area contributed by atoms with Gasteiger partial charge < -0.3 is 10.0 Å². The van der Waals surface area contributed by atoms with Crippen molar-refractivity contribution in [3.8, 4) is 0 Å². The zero-order chi connectivity index (χ0) is 18.4. The van der Waals surface area contributed by atoms with E-state index in [0.717, 1.165) is 17.8 Å². The van der Waals surface area contributed by atoms with Crippen molar-refractivity contribution in [1.82, 2.24) is 14.8 Å². The Morgan fingerprint density at radius 3 is 2.17 bits per heavy atom. The van der Waals surface area contributed by atoms with E-state index in [2.05, 4.69) is 37.6 Å². The maximum atomic E-state index is 12.6. The predicted octanol–water partition coefficient (Wildman–Crippen LogP) is 2.49. The Hall–Kier alpha value is -1.66. The predicted molar refractivity (Wildman–Crippen MR) is 98.3 cm³/mol. The molecule has 1 N–H and O–H groups in total. The monoisotopic (exact) mass is 336 g/mol. The van der Waals surface area contributed by atoms with E-state index < -0.39 is 0 Å². The van der Waals surface area contributed by atoms with E-state index in [0.29, 0.717) is 24.4 Å². The number of amides is 2. The summed E-state index contributed by atoms with van der Waals surface area (Å²) in [4.78, 5) is 22.7. The molecule has 0 aromatic carbocycles. The van der Waals surface area contributed by atoms with Crippen LogP contribution >= 0.6 is 0 Å². The molecular weight excluding hydrogens is 304 g/mol. The van der Waals surface area contributed by atoms with Crippen LogP contribution in [-0.4, -0.2) is 65.2 Å². The van der Waals surface area contributed by atoms with E-state index in [-0.39, 0.29) is 12.6 Å². The summed E-state index contributed by atoms with van der Waals surface area (Å²) in [6, 6.07) is 4.31. The van der Waals surface area contributed by atoms with Gasteiger partial charge in [0.15, 0.2) is 0 Å². The Morgan fingerprint density at radius 2 is 1.71 bits per heavy atom. The summed E-state index contributed by atoms with van der Waals surface area (Å²) in [7, 11) is 3.47. The number of aromatic nitrogens is 1. The van der Waals surface area contributed by atoms with Crippen LogP contribution in [-0.2, 0) is 6.61 Å². The first-order chi connectivity index (χ1) is 11.2. The van der Waals surface area contributed by atoms with Gasteiger partial charge in [0.05, 0.1) is 6.61 Å². The average Bonchev–Trinajstić information content (AvgIpc) is 2.49. The van der Waals surface area contributed by atoms with Crippen molar-refractivity contribution in [3.63, 3.8) is 0 Å². The van der Waals surface area contributed by atoms with Crippen molar-refractivity contribution in [3.05, 3.63) is 23.4 Å². The van der Waals surface area contributed by atoms with E-state index in [1.54, 1.807) is 30.0 Å². The summed E-state index contributed by atoms with van der Waals surface area (Å²) in [5.41, 5.74) is 1.55. The average molecular weight is 336 g/mol. The second-order valence-electron chi connectivity index (χ2n) is 6.89. The van der Waals surface area contributed by atoms with Crippen LogP contribution in [0.5, 0.6) is 0 Å². The molecule has 136 valence electrons. The molecule has 0 atom stereocenters. The minimum Gasteiger partial charge on any atom is -0.392 e. The Morgan fingerprint density at radius 1 is 1.12 bits per heavy atom. The number of aryl methyl sites for hydroxylation is 1. The van der Waals surface area contributed by atoms with Gasteiger partial charge in [-0.15, -0.1) is 0 Å². The second-order valence-corrected chi connectivity index (χ2v) is 6.89. The number of hydrogen-bond donors (Lipinski definition) is 1. The fraction of sp³-hybridized carbons (Fsp3) is 0.667. The molecule has 2 amide bonds. The Bertz CT molecular complexity index is 536. The minimum atomic E-state index is -0.107. The number of anilines is 1. The SMILES string of the molecule is Cc1cc(CO)cc(N(CCN(C(C)C)C(C)C)C(=O)N(C)C)n1. The van der Waals surface area contributed by atoms with E-state index in [9.17, 15) is 9.90 Å². The summed E-state index contributed by atoms with van der Waals surface area (Å²) >= 11 is 0. The zero-order valence-corrected chi connectivity index (χ0v) is 16.1. The molecule has 0 unspecified atom stereocenters. The van der Waals surface area contributed by atoms with E-state index in [4.69, 9.17) is 0 Å². The zero-order valence-electron chi connectivity index (χ0n) is 16.1. The van der Waals surface area contributed by atoms with Crippen LogP contribution in [0.3, 0.4) is 0 Å². The van der Waals surface area contributed by atoms with Crippen LogP contribution in [0.1, 0.15) is 39.0 Å². The van der Waals surface area contributed by atoms with Gasteiger partial charge in [-0.2, -0.15) is 0 Å². The van der Waals surface area contributed by atoms with Crippen molar-refractivity contribution in [2.45, 2.75) is 53.3 Å².